The molecule has 0 spiro atoms. The van der Waals surface area contributed by atoms with Crippen molar-refractivity contribution in [3.05, 3.63) is 0 Å². The molecule has 1 rings (SSSR count). The number of aliphatic carboxylic acids is 2. The first-order valence-electron chi connectivity index (χ1n) is 7.01. The Morgan fingerprint density at radius 1 is 1.26 bits per heavy atom. The van der Waals surface area contributed by atoms with Crippen LogP contribution in [0.5, 0.6) is 0 Å². The van der Waals surface area contributed by atoms with Crippen molar-refractivity contribution < 1.29 is 34.2 Å². The maximum atomic E-state index is 12.4. The molecule has 1 heterocycles. The van der Waals surface area contributed by atoms with Gasteiger partial charge >= 0.3 is 11.9 Å². The Morgan fingerprint density at radius 3 is 2.43 bits per heavy atom. The quantitative estimate of drug-likeness (QED) is 0.345. The molecule has 0 aliphatic carbocycles. The number of amides is 2. The minimum Gasteiger partial charge on any atom is -0.481 e. The summed E-state index contributed by atoms with van der Waals surface area (Å²) in [5, 5.41) is 19.7. The van der Waals surface area contributed by atoms with Gasteiger partial charge in [-0.3, -0.25) is 24.0 Å². The fourth-order valence-corrected chi connectivity index (χ4v) is 2.37. The van der Waals surface area contributed by atoms with Crippen LogP contribution >= 0.6 is 0 Å². The van der Waals surface area contributed by atoms with E-state index in [1.165, 1.54) is 0 Å². The lowest BCUT2D eigenvalue weighted by molar-refractivity contribution is -0.145. The van der Waals surface area contributed by atoms with E-state index in [9.17, 15) is 24.0 Å². The van der Waals surface area contributed by atoms with Gasteiger partial charge in [-0.25, -0.2) is 0 Å². The van der Waals surface area contributed by atoms with Gasteiger partial charge in [-0.1, -0.05) is 0 Å². The number of carbonyl (C=O) groups is 5. The van der Waals surface area contributed by atoms with Crippen LogP contribution in [0.2, 0.25) is 0 Å². The van der Waals surface area contributed by atoms with Crippen LogP contribution in [0.25, 0.3) is 0 Å². The van der Waals surface area contributed by atoms with Crippen molar-refractivity contribution in [3.8, 4) is 0 Å². The normalized spacial score (nSPS) is 18.6. The predicted octanol–water partition coefficient (Wildman–Crippen LogP) is -2.20. The first-order chi connectivity index (χ1) is 10.8. The molecule has 2 amide bonds. The third-order valence-electron chi connectivity index (χ3n) is 3.48. The second-order valence-corrected chi connectivity index (χ2v) is 5.15. The van der Waals surface area contributed by atoms with E-state index in [0.717, 1.165) is 4.90 Å². The summed E-state index contributed by atoms with van der Waals surface area (Å²) >= 11 is 0. The highest BCUT2D eigenvalue weighted by Crippen LogP contribution is 2.21. The summed E-state index contributed by atoms with van der Waals surface area (Å²) in [5.41, 5.74) is 5.15. The molecule has 2 atom stereocenters. The van der Waals surface area contributed by atoms with Crippen LogP contribution in [-0.4, -0.2) is 70.3 Å². The number of carboxylic acid groups (broad SMARTS) is 2. The van der Waals surface area contributed by atoms with Crippen LogP contribution < -0.4 is 11.1 Å². The molecule has 1 fully saturated rings. The lowest BCUT2D eigenvalue weighted by atomic mass is 9.93. The zero-order chi connectivity index (χ0) is 17.6. The van der Waals surface area contributed by atoms with Gasteiger partial charge in [-0.05, 0) is 12.8 Å². The SMILES string of the molecule is NCC(=O)N[C@@H](CCC(=O)O)C(=O)[C@H]1CCN(CC(=O)O)C1=O. The van der Waals surface area contributed by atoms with Gasteiger partial charge in [0.2, 0.25) is 11.8 Å². The van der Waals surface area contributed by atoms with Crippen molar-refractivity contribution >= 4 is 29.5 Å². The minimum absolute atomic E-state index is 0.123. The number of carboxylic acids is 2. The molecule has 128 valence electrons. The lowest BCUT2D eigenvalue weighted by Gasteiger charge is -2.20. The highest BCUT2D eigenvalue weighted by molar-refractivity contribution is 6.06. The van der Waals surface area contributed by atoms with E-state index in [1.54, 1.807) is 0 Å². The topological polar surface area (TPSA) is 167 Å². The van der Waals surface area contributed by atoms with Gasteiger partial charge in [0.1, 0.15) is 12.5 Å². The summed E-state index contributed by atoms with van der Waals surface area (Å²) in [4.78, 5) is 58.2. The largest absolute Gasteiger partial charge is 0.481 e. The second kappa shape index (κ2) is 8.22. The van der Waals surface area contributed by atoms with Gasteiger partial charge in [0.25, 0.3) is 0 Å². The molecule has 1 aliphatic heterocycles. The summed E-state index contributed by atoms with van der Waals surface area (Å²) in [7, 11) is 0. The molecule has 0 aromatic carbocycles. The molecule has 23 heavy (non-hydrogen) atoms. The van der Waals surface area contributed by atoms with Crippen LogP contribution in [0.3, 0.4) is 0 Å². The Hall–Kier alpha value is -2.49. The number of rotatable bonds is 9. The zero-order valence-electron chi connectivity index (χ0n) is 12.4. The summed E-state index contributed by atoms with van der Waals surface area (Å²) in [6, 6.07) is -1.14. The van der Waals surface area contributed by atoms with Crippen molar-refractivity contribution in [3.63, 3.8) is 0 Å². The first-order valence-corrected chi connectivity index (χ1v) is 7.01. The Morgan fingerprint density at radius 2 is 1.91 bits per heavy atom. The summed E-state index contributed by atoms with van der Waals surface area (Å²) in [5.74, 6) is -5.29. The number of nitrogens with two attached hydrogens (primary N) is 1. The van der Waals surface area contributed by atoms with Crippen molar-refractivity contribution in [2.75, 3.05) is 19.6 Å². The van der Waals surface area contributed by atoms with E-state index >= 15 is 0 Å². The van der Waals surface area contributed by atoms with E-state index in [4.69, 9.17) is 15.9 Å². The molecule has 0 aromatic heterocycles. The van der Waals surface area contributed by atoms with Gasteiger partial charge in [0.05, 0.1) is 12.6 Å². The molecule has 0 saturated carbocycles. The van der Waals surface area contributed by atoms with Crippen LogP contribution in [0.1, 0.15) is 19.3 Å². The van der Waals surface area contributed by atoms with Crippen molar-refractivity contribution in [2.24, 2.45) is 11.7 Å². The average Bonchev–Trinajstić information content (AvgIpc) is 2.82. The fourth-order valence-electron chi connectivity index (χ4n) is 2.37. The van der Waals surface area contributed by atoms with Crippen LogP contribution in [0.4, 0.5) is 0 Å². The smallest absolute Gasteiger partial charge is 0.323 e. The Labute approximate surface area is 131 Å². The number of Topliss-reactive ketones (excluding diaryl/α,β-unsaturated/α-hetero) is 1. The molecular formula is C13H19N3O7. The lowest BCUT2D eigenvalue weighted by Crippen LogP contribution is -2.47. The monoisotopic (exact) mass is 329 g/mol. The van der Waals surface area contributed by atoms with E-state index < -0.39 is 48.0 Å². The number of carbonyl (C=O) groups excluding carboxylic acids is 3. The fraction of sp³-hybridized carbons (Fsp3) is 0.615. The van der Waals surface area contributed by atoms with Crippen molar-refractivity contribution in [1.82, 2.24) is 10.2 Å². The average molecular weight is 329 g/mol. The molecule has 5 N–H and O–H groups in total. The highest BCUT2D eigenvalue weighted by atomic mass is 16.4. The zero-order valence-corrected chi connectivity index (χ0v) is 12.4. The molecule has 1 aliphatic rings. The van der Waals surface area contributed by atoms with Crippen molar-refractivity contribution in [2.45, 2.75) is 25.3 Å². The maximum absolute atomic E-state index is 12.4. The Kier molecular flexibility index (Phi) is 6.64. The number of hydrogen-bond donors (Lipinski definition) is 4. The number of hydrogen-bond acceptors (Lipinski definition) is 6. The minimum atomic E-state index is -1.19. The molecule has 10 heteroatoms. The highest BCUT2D eigenvalue weighted by Gasteiger charge is 2.40. The molecule has 0 aromatic rings. The summed E-state index contributed by atoms with van der Waals surface area (Å²) in [6.07, 6.45) is -0.392. The van der Waals surface area contributed by atoms with Gasteiger partial charge in [-0.15, -0.1) is 0 Å². The van der Waals surface area contributed by atoms with E-state index in [1.807, 2.05) is 0 Å². The van der Waals surface area contributed by atoms with Gasteiger partial charge in [0, 0.05) is 13.0 Å². The third kappa shape index (κ3) is 5.33. The predicted molar refractivity (Wildman–Crippen MR) is 75.2 cm³/mol. The number of nitrogens with zero attached hydrogens (tertiary/aromatic N) is 1. The van der Waals surface area contributed by atoms with Crippen LogP contribution in [-0.2, 0) is 24.0 Å². The third-order valence-corrected chi connectivity index (χ3v) is 3.48. The Balaban J connectivity index is 2.79. The summed E-state index contributed by atoms with van der Waals surface area (Å²) < 4.78 is 0. The van der Waals surface area contributed by atoms with Crippen LogP contribution in [0, 0.1) is 5.92 Å². The molecule has 0 unspecified atom stereocenters. The van der Waals surface area contributed by atoms with E-state index in [0.29, 0.717) is 0 Å². The number of likely N-dealkylation sites (tertiary alicyclic amines) is 1. The molecule has 10 nitrogen and oxygen atoms in total. The van der Waals surface area contributed by atoms with E-state index in [-0.39, 0.29) is 32.4 Å². The van der Waals surface area contributed by atoms with Gasteiger partial charge < -0.3 is 26.2 Å². The standard InChI is InChI=1S/C13H19N3O7/c14-5-9(17)15-8(1-2-10(18)19)12(22)7-3-4-16(13(7)23)6-11(20)21/h7-8H,1-6,14H2,(H,15,17)(H,18,19)(H,20,21)/t7-,8+/m1/s1. The summed E-state index contributed by atoms with van der Waals surface area (Å²) in [6.45, 7) is -0.754. The molecular weight excluding hydrogens is 310 g/mol. The van der Waals surface area contributed by atoms with Gasteiger partial charge in [0.15, 0.2) is 5.78 Å². The molecule has 0 bridgehead atoms. The Bertz CT molecular complexity index is 520. The number of nitrogens with one attached hydrogen (secondary N) is 1. The first kappa shape index (κ1) is 18.6. The number of ketones is 1. The molecule has 0 radical (unpaired) electrons. The van der Waals surface area contributed by atoms with Crippen molar-refractivity contribution in [1.29, 1.82) is 0 Å². The van der Waals surface area contributed by atoms with E-state index in [2.05, 4.69) is 5.32 Å². The van der Waals surface area contributed by atoms with Gasteiger partial charge in [-0.2, -0.15) is 0 Å². The second-order valence-electron chi connectivity index (χ2n) is 5.15. The van der Waals surface area contributed by atoms with Crippen LogP contribution in [0.15, 0.2) is 0 Å². The molecule has 1 saturated heterocycles. The maximum Gasteiger partial charge on any atom is 0.323 e.